The Hall–Kier alpha value is -0.340. The van der Waals surface area contributed by atoms with Gasteiger partial charge in [0.05, 0.1) is 0 Å². The Bertz CT molecular complexity index is 368. The van der Waals surface area contributed by atoms with Crippen molar-refractivity contribution in [3.8, 4) is 0 Å². The Morgan fingerprint density at radius 1 is 1.21 bits per heavy atom. The maximum Gasteiger partial charge on any atom is 0.193 e. The average Bonchev–Trinajstić information content (AvgIpc) is 2.56. The minimum atomic E-state index is 0. The number of ether oxygens (including phenoxy) is 1. The molecule has 0 unspecified atom stereocenters. The van der Waals surface area contributed by atoms with Crippen LogP contribution in [0.3, 0.4) is 0 Å². The van der Waals surface area contributed by atoms with Crippen molar-refractivity contribution in [3.63, 3.8) is 0 Å². The van der Waals surface area contributed by atoms with E-state index in [1.54, 1.807) is 0 Å². The van der Waals surface area contributed by atoms with Crippen LogP contribution in [0.2, 0.25) is 0 Å². The highest BCUT2D eigenvalue weighted by atomic mass is 127. The highest BCUT2D eigenvalue weighted by Gasteiger charge is 2.35. The van der Waals surface area contributed by atoms with Crippen LogP contribution >= 0.6 is 24.0 Å². The molecule has 0 saturated carbocycles. The van der Waals surface area contributed by atoms with Gasteiger partial charge in [0.2, 0.25) is 0 Å². The predicted molar refractivity (Wildman–Crippen MR) is 115 cm³/mol. The Kier molecular flexibility index (Phi) is 12.8. The van der Waals surface area contributed by atoms with Crippen molar-refractivity contribution in [1.29, 1.82) is 0 Å². The van der Waals surface area contributed by atoms with Crippen LogP contribution in [0.25, 0.3) is 0 Å². The van der Waals surface area contributed by atoms with E-state index in [9.17, 15) is 0 Å². The molecule has 1 fully saturated rings. The molecule has 0 aromatic rings. The van der Waals surface area contributed by atoms with Crippen LogP contribution in [-0.2, 0) is 4.74 Å². The van der Waals surface area contributed by atoms with E-state index in [0.717, 1.165) is 51.5 Å². The number of allylic oxidation sites excluding steroid dienone is 1. The first-order valence-corrected chi connectivity index (χ1v) is 8.83. The van der Waals surface area contributed by atoms with E-state index in [0.29, 0.717) is 0 Å². The van der Waals surface area contributed by atoms with Crippen molar-refractivity contribution in [2.24, 2.45) is 4.99 Å². The highest BCUT2D eigenvalue weighted by molar-refractivity contribution is 14.0. The maximum absolute atomic E-state index is 5.54. The third-order valence-electron chi connectivity index (χ3n) is 4.92. The molecule has 0 aromatic carbocycles. The number of aliphatic imine (C=N–C) groups is 1. The zero-order chi connectivity index (χ0) is 17.1. The molecule has 0 radical (unpaired) electrons. The topological polar surface area (TPSA) is 40.1 Å². The first kappa shape index (κ1) is 23.7. The summed E-state index contributed by atoms with van der Waals surface area (Å²) in [6, 6.07) is 0. The average molecular weight is 452 g/mol. The normalized spacial score (nSPS) is 17.3. The number of rotatable bonds is 9. The lowest BCUT2D eigenvalue weighted by molar-refractivity contribution is -0.00521. The second-order valence-corrected chi connectivity index (χ2v) is 6.69. The molecule has 1 rings (SSSR count). The molecule has 6 heteroatoms. The zero-order valence-corrected chi connectivity index (χ0v) is 18.3. The monoisotopic (exact) mass is 452 g/mol. The van der Waals surface area contributed by atoms with Crippen molar-refractivity contribution in [3.05, 3.63) is 12.7 Å². The molecule has 0 amide bonds. The third kappa shape index (κ3) is 7.70. The zero-order valence-electron chi connectivity index (χ0n) is 16.0. The van der Waals surface area contributed by atoms with E-state index in [1.165, 1.54) is 19.3 Å². The number of nitrogens with one attached hydrogen (secondary N) is 1. The summed E-state index contributed by atoms with van der Waals surface area (Å²) in [4.78, 5) is 9.01. The van der Waals surface area contributed by atoms with E-state index in [4.69, 9.17) is 4.74 Å². The van der Waals surface area contributed by atoms with Crippen molar-refractivity contribution >= 4 is 29.9 Å². The van der Waals surface area contributed by atoms with Gasteiger partial charge in [-0.2, -0.15) is 0 Å². The van der Waals surface area contributed by atoms with Gasteiger partial charge in [0, 0.05) is 45.9 Å². The summed E-state index contributed by atoms with van der Waals surface area (Å²) in [5, 5.41) is 3.58. The SMILES string of the molecule is C=CCCCCCN(C)C(=NC)NCC1(N(C)C)CCOCC1.I. The van der Waals surface area contributed by atoms with Gasteiger partial charge in [-0.05, 0) is 46.2 Å². The van der Waals surface area contributed by atoms with E-state index in [1.807, 2.05) is 13.1 Å². The number of hydrogen-bond donors (Lipinski definition) is 1. The minimum Gasteiger partial charge on any atom is -0.381 e. The van der Waals surface area contributed by atoms with Crippen LogP contribution in [0, 0.1) is 0 Å². The standard InChI is InChI=1S/C18H36N4O.HI/c1-6-7-8-9-10-13-22(5)17(19-2)20-16-18(21(3)4)11-14-23-15-12-18;/h6H,1,7-16H2,2-5H3,(H,19,20);1H. The first-order chi connectivity index (χ1) is 11.1. The summed E-state index contributed by atoms with van der Waals surface area (Å²) in [5.41, 5.74) is 0.166. The number of guanidine groups is 1. The second-order valence-electron chi connectivity index (χ2n) is 6.69. The van der Waals surface area contributed by atoms with Crippen LogP contribution in [0.15, 0.2) is 17.6 Å². The molecule has 0 atom stereocenters. The number of nitrogens with zero attached hydrogens (tertiary/aromatic N) is 3. The first-order valence-electron chi connectivity index (χ1n) is 8.83. The molecule has 1 heterocycles. The molecular formula is C18H37IN4O. The Morgan fingerprint density at radius 3 is 2.42 bits per heavy atom. The van der Waals surface area contributed by atoms with Gasteiger partial charge in [-0.1, -0.05) is 12.5 Å². The molecule has 1 aliphatic heterocycles. The van der Waals surface area contributed by atoms with E-state index in [-0.39, 0.29) is 29.5 Å². The summed E-state index contributed by atoms with van der Waals surface area (Å²) in [6.07, 6.45) is 8.91. The summed E-state index contributed by atoms with van der Waals surface area (Å²) in [5.74, 6) is 0.987. The lowest BCUT2D eigenvalue weighted by Crippen LogP contribution is -2.57. The summed E-state index contributed by atoms with van der Waals surface area (Å²) < 4.78 is 5.54. The molecule has 0 spiro atoms. The smallest absolute Gasteiger partial charge is 0.193 e. The van der Waals surface area contributed by atoms with Crippen LogP contribution in [0.5, 0.6) is 0 Å². The molecule has 142 valence electrons. The largest absolute Gasteiger partial charge is 0.381 e. The Balaban J connectivity index is 0.00000529. The summed E-state index contributed by atoms with van der Waals surface area (Å²) in [7, 11) is 8.32. The fourth-order valence-electron chi connectivity index (χ4n) is 3.08. The van der Waals surface area contributed by atoms with Gasteiger partial charge in [0.15, 0.2) is 5.96 Å². The fraction of sp³-hybridized carbons (Fsp3) is 0.833. The molecule has 24 heavy (non-hydrogen) atoms. The number of likely N-dealkylation sites (N-methyl/N-ethyl adjacent to an activating group) is 1. The Morgan fingerprint density at radius 2 is 1.88 bits per heavy atom. The quantitative estimate of drug-likeness (QED) is 0.192. The lowest BCUT2D eigenvalue weighted by atomic mass is 9.88. The van der Waals surface area contributed by atoms with Crippen LogP contribution < -0.4 is 5.32 Å². The van der Waals surface area contributed by atoms with E-state index in [2.05, 4.69) is 47.8 Å². The van der Waals surface area contributed by atoms with Crippen molar-refractivity contribution in [1.82, 2.24) is 15.1 Å². The Labute approximate surface area is 165 Å². The second kappa shape index (κ2) is 12.9. The molecule has 5 nitrogen and oxygen atoms in total. The maximum atomic E-state index is 5.54. The van der Waals surface area contributed by atoms with Gasteiger partial charge in [-0.15, -0.1) is 30.6 Å². The molecule has 0 aromatic heterocycles. The van der Waals surface area contributed by atoms with Gasteiger partial charge in [0.25, 0.3) is 0 Å². The van der Waals surface area contributed by atoms with Gasteiger partial charge < -0.3 is 19.9 Å². The molecule has 1 N–H and O–H groups in total. The highest BCUT2D eigenvalue weighted by Crippen LogP contribution is 2.25. The van der Waals surface area contributed by atoms with Crippen molar-refractivity contribution < 1.29 is 4.74 Å². The van der Waals surface area contributed by atoms with Gasteiger partial charge in [0.1, 0.15) is 0 Å². The fourth-order valence-corrected chi connectivity index (χ4v) is 3.08. The van der Waals surface area contributed by atoms with E-state index >= 15 is 0 Å². The van der Waals surface area contributed by atoms with Gasteiger partial charge in [-0.3, -0.25) is 4.99 Å². The van der Waals surface area contributed by atoms with Crippen molar-refractivity contribution in [2.75, 3.05) is 54.5 Å². The van der Waals surface area contributed by atoms with Crippen LogP contribution in [-0.4, -0.2) is 75.8 Å². The number of unbranched alkanes of at least 4 members (excludes halogenated alkanes) is 3. The minimum absolute atomic E-state index is 0. The summed E-state index contributed by atoms with van der Waals surface area (Å²) >= 11 is 0. The lowest BCUT2D eigenvalue weighted by Gasteiger charge is -2.43. The van der Waals surface area contributed by atoms with E-state index < -0.39 is 0 Å². The van der Waals surface area contributed by atoms with Crippen LogP contribution in [0.4, 0.5) is 0 Å². The molecule has 1 saturated heterocycles. The molecular weight excluding hydrogens is 415 g/mol. The third-order valence-corrected chi connectivity index (χ3v) is 4.92. The molecule has 0 bridgehead atoms. The summed E-state index contributed by atoms with van der Waals surface area (Å²) in [6.45, 7) is 7.41. The number of halogens is 1. The molecule has 0 aliphatic carbocycles. The van der Waals surface area contributed by atoms with Crippen molar-refractivity contribution in [2.45, 2.75) is 44.1 Å². The van der Waals surface area contributed by atoms with Crippen LogP contribution in [0.1, 0.15) is 38.5 Å². The molecule has 1 aliphatic rings. The van der Waals surface area contributed by atoms with Gasteiger partial charge >= 0.3 is 0 Å². The predicted octanol–water partition coefficient (Wildman–Crippen LogP) is 2.97. The number of hydrogen-bond acceptors (Lipinski definition) is 3. The van der Waals surface area contributed by atoms with Gasteiger partial charge in [-0.25, -0.2) is 0 Å².